The minimum Gasteiger partial charge on any atom is -0.356 e. The average Bonchev–Trinajstić information content (AvgIpc) is 2.50. The summed E-state index contributed by atoms with van der Waals surface area (Å²) in [6.07, 6.45) is 2.64. The third kappa shape index (κ3) is 13.1. The lowest BCUT2D eigenvalue weighted by Gasteiger charge is -2.15. The summed E-state index contributed by atoms with van der Waals surface area (Å²) >= 11 is 0. The molecule has 0 amide bonds. The fourth-order valence-electron chi connectivity index (χ4n) is 1.63. The van der Waals surface area contributed by atoms with Crippen molar-refractivity contribution in [2.75, 3.05) is 40.6 Å². The number of hydrogen-bond acceptors (Lipinski definition) is 7. The summed E-state index contributed by atoms with van der Waals surface area (Å²) in [4.78, 5) is 9.78. The third-order valence-electron chi connectivity index (χ3n) is 2.66. The maximum atomic E-state index is 5.33. The van der Waals surface area contributed by atoms with Gasteiger partial charge in [-0.05, 0) is 26.7 Å². The molecule has 2 atom stereocenters. The Balaban J connectivity index is 3.28. The van der Waals surface area contributed by atoms with Crippen LogP contribution < -0.4 is 0 Å². The molecule has 0 rings (SSSR count). The quantitative estimate of drug-likeness (QED) is 0.188. The molecule has 0 bridgehead atoms. The van der Waals surface area contributed by atoms with Crippen molar-refractivity contribution in [2.24, 2.45) is 0 Å². The van der Waals surface area contributed by atoms with Crippen LogP contribution in [0, 0.1) is 0 Å². The first-order valence-electron chi connectivity index (χ1n) is 7.48. The summed E-state index contributed by atoms with van der Waals surface area (Å²) in [5.41, 5.74) is 0. The Bertz CT molecular complexity index is 184. The minimum absolute atomic E-state index is 0.191. The lowest BCUT2D eigenvalue weighted by atomic mass is 10.3. The maximum absolute atomic E-state index is 5.33. The fraction of sp³-hybridized carbons (Fsp3) is 1.00. The Kier molecular flexibility index (Phi) is 15.9. The van der Waals surface area contributed by atoms with E-state index >= 15 is 0 Å². The van der Waals surface area contributed by atoms with E-state index in [9.17, 15) is 0 Å². The van der Waals surface area contributed by atoms with Gasteiger partial charge in [-0.2, -0.15) is 0 Å². The predicted molar refractivity (Wildman–Crippen MR) is 76.3 cm³/mol. The first-order valence-corrected chi connectivity index (χ1v) is 7.48. The number of hydrogen-bond donors (Lipinski definition) is 0. The molecule has 0 aliphatic heterocycles. The van der Waals surface area contributed by atoms with Crippen molar-refractivity contribution in [3.63, 3.8) is 0 Å². The van der Waals surface area contributed by atoms with Gasteiger partial charge in [0.2, 0.25) is 0 Å². The molecule has 0 N–H and O–H groups in total. The maximum Gasteiger partial charge on any atom is 0.157 e. The fourth-order valence-corrected chi connectivity index (χ4v) is 1.63. The molecule has 0 saturated carbocycles. The van der Waals surface area contributed by atoms with Gasteiger partial charge in [0.05, 0.1) is 13.2 Å². The van der Waals surface area contributed by atoms with Crippen molar-refractivity contribution >= 4 is 0 Å². The molecular formula is C14H30O7. The molecule has 0 radical (unpaired) electrons. The normalized spacial score (nSPS) is 14.3. The summed E-state index contributed by atoms with van der Waals surface area (Å²) < 4.78 is 20.9. The van der Waals surface area contributed by atoms with Crippen LogP contribution in [-0.2, 0) is 33.8 Å². The first-order chi connectivity index (χ1) is 10.3. The molecule has 0 aromatic heterocycles. The van der Waals surface area contributed by atoms with Crippen molar-refractivity contribution in [2.45, 2.75) is 52.1 Å². The van der Waals surface area contributed by atoms with Crippen molar-refractivity contribution < 1.29 is 33.8 Å². The average molecular weight is 310 g/mol. The van der Waals surface area contributed by atoms with Crippen LogP contribution >= 0.6 is 0 Å². The summed E-state index contributed by atoms with van der Waals surface area (Å²) in [6.45, 7) is 5.96. The van der Waals surface area contributed by atoms with Gasteiger partial charge in [0.15, 0.2) is 12.6 Å². The highest BCUT2D eigenvalue weighted by Gasteiger charge is 2.07. The van der Waals surface area contributed by atoms with Crippen molar-refractivity contribution in [1.29, 1.82) is 0 Å². The second kappa shape index (κ2) is 16.1. The van der Waals surface area contributed by atoms with E-state index in [0.29, 0.717) is 26.4 Å². The highest BCUT2D eigenvalue weighted by Crippen LogP contribution is 2.05. The molecule has 0 heterocycles. The Labute approximate surface area is 127 Å². The van der Waals surface area contributed by atoms with Crippen molar-refractivity contribution in [3.05, 3.63) is 0 Å². The molecule has 7 nitrogen and oxygen atoms in total. The van der Waals surface area contributed by atoms with E-state index in [1.165, 1.54) is 0 Å². The number of rotatable bonds is 16. The van der Waals surface area contributed by atoms with Gasteiger partial charge in [0.1, 0.15) is 0 Å². The Morgan fingerprint density at radius 1 is 0.714 bits per heavy atom. The summed E-state index contributed by atoms with van der Waals surface area (Å²) in [7, 11) is 3.24. The Hall–Kier alpha value is -0.280. The van der Waals surface area contributed by atoms with E-state index in [-0.39, 0.29) is 12.6 Å². The molecule has 0 aromatic rings. The molecular weight excluding hydrogens is 280 g/mol. The van der Waals surface area contributed by atoms with Crippen molar-refractivity contribution in [3.8, 4) is 0 Å². The molecule has 0 aliphatic carbocycles. The van der Waals surface area contributed by atoms with E-state index < -0.39 is 0 Å². The molecule has 128 valence electrons. The van der Waals surface area contributed by atoms with E-state index in [1.807, 2.05) is 13.8 Å². The molecule has 0 fully saturated rings. The van der Waals surface area contributed by atoms with Gasteiger partial charge in [0, 0.05) is 40.3 Å². The van der Waals surface area contributed by atoms with Crippen LogP contribution in [0.5, 0.6) is 0 Å². The molecule has 0 spiro atoms. The van der Waals surface area contributed by atoms with Gasteiger partial charge < -0.3 is 18.9 Å². The molecule has 2 unspecified atom stereocenters. The lowest BCUT2D eigenvalue weighted by Crippen LogP contribution is -2.16. The van der Waals surface area contributed by atoms with Crippen LogP contribution in [-0.4, -0.2) is 53.2 Å². The van der Waals surface area contributed by atoms with Gasteiger partial charge in [-0.1, -0.05) is 5.04 Å². The third-order valence-corrected chi connectivity index (χ3v) is 2.66. The SMILES string of the molecule is CCOC(CCCOOOCCCC(OC)OCC)OC. The van der Waals surface area contributed by atoms with Crippen molar-refractivity contribution in [1.82, 2.24) is 0 Å². The molecule has 7 heteroatoms. The highest BCUT2D eigenvalue weighted by molar-refractivity contribution is 4.44. The zero-order chi connectivity index (χ0) is 15.8. The van der Waals surface area contributed by atoms with Gasteiger partial charge >= 0.3 is 0 Å². The summed E-state index contributed by atoms with van der Waals surface area (Å²) in [5, 5.41) is 4.62. The highest BCUT2D eigenvalue weighted by atomic mass is 17.5. The zero-order valence-corrected chi connectivity index (χ0v) is 13.7. The van der Waals surface area contributed by atoms with E-state index in [2.05, 4.69) is 5.04 Å². The van der Waals surface area contributed by atoms with Gasteiger partial charge in [-0.15, -0.1) is 0 Å². The number of methoxy groups -OCH3 is 2. The number of ether oxygens (including phenoxy) is 4. The Morgan fingerprint density at radius 2 is 1.14 bits per heavy atom. The molecule has 0 saturated heterocycles. The van der Waals surface area contributed by atoms with Crippen LogP contribution in [0.2, 0.25) is 0 Å². The van der Waals surface area contributed by atoms with E-state index in [4.69, 9.17) is 28.7 Å². The smallest absolute Gasteiger partial charge is 0.157 e. The largest absolute Gasteiger partial charge is 0.356 e. The van der Waals surface area contributed by atoms with Crippen LogP contribution in [0.4, 0.5) is 0 Å². The van der Waals surface area contributed by atoms with Crippen LogP contribution in [0.3, 0.4) is 0 Å². The predicted octanol–water partition coefficient (Wildman–Crippen LogP) is 2.44. The second-order valence-electron chi connectivity index (χ2n) is 4.24. The van der Waals surface area contributed by atoms with Gasteiger partial charge in [-0.25, -0.2) is 9.78 Å². The van der Waals surface area contributed by atoms with E-state index in [0.717, 1.165) is 25.7 Å². The second-order valence-corrected chi connectivity index (χ2v) is 4.24. The monoisotopic (exact) mass is 310 g/mol. The van der Waals surface area contributed by atoms with E-state index in [1.54, 1.807) is 14.2 Å². The van der Waals surface area contributed by atoms with Crippen LogP contribution in [0.25, 0.3) is 0 Å². The molecule has 21 heavy (non-hydrogen) atoms. The zero-order valence-electron chi connectivity index (χ0n) is 13.7. The van der Waals surface area contributed by atoms with Gasteiger partial charge in [-0.3, -0.25) is 0 Å². The van der Waals surface area contributed by atoms with Crippen LogP contribution in [0.15, 0.2) is 0 Å². The molecule has 0 aromatic carbocycles. The van der Waals surface area contributed by atoms with Crippen LogP contribution in [0.1, 0.15) is 39.5 Å². The first kappa shape index (κ1) is 20.7. The van der Waals surface area contributed by atoms with Gasteiger partial charge in [0.25, 0.3) is 0 Å². The standard InChI is InChI=1S/C14H30O7/c1-5-17-13(15-3)9-7-11-19-21-20-12-8-10-14(16-4)18-6-2/h13-14H,5-12H2,1-4H3. The lowest BCUT2D eigenvalue weighted by molar-refractivity contribution is -0.513. The summed E-state index contributed by atoms with van der Waals surface area (Å²) in [5.74, 6) is 0. The summed E-state index contributed by atoms with van der Waals surface area (Å²) in [6, 6.07) is 0. The topological polar surface area (TPSA) is 64.6 Å². The Morgan fingerprint density at radius 3 is 1.48 bits per heavy atom. The minimum atomic E-state index is -0.191. The molecule has 0 aliphatic rings.